The second-order valence-corrected chi connectivity index (χ2v) is 7.17. The van der Waals surface area contributed by atoms with Gasteiger partial charge >= 0.3 is 0 Å². The molecule has 0 amide bonds. The number of aromatic nitrogens is 1. The molecule has 1 N–H and O–H groups in total. The van der Waals surface area contributed by atoms with Crippen LogP contribution in [0.2, 0.25) is 0 Å². The number of hydrogen-bond donors (Lipinski definition) is 1. The predicted octanol–water partition coefficient (Wildman–Crippen LogP) is 4.57. The smallest absolute Gasteiger partial charge is 0.133 e. The second kappa shape index (κ2) is 7.17. The first-order chi connectivity index (χ1) is 9.20. The highest BCUT2D eigenvalue weighted by atomic mass is 32.1. The van der Waals surface area contributed by atoms with Crippen molar-refractivity contribution in [1.29, 1.82) is 0 Å². The minimum atomic E-state index is 0.656. The largest absolute Gasteiger partial charge is 0.312 e. The van der Waals surface area contributed by atoms with E-state index in [4.69, 9.17) is 4.98 Å². The summed E-state index contributed by atoms with van der Waals surface area (Å²) in [5.74, 6) is 0.656. The molecule has 19 heavy (non-hydrogen) atoms. The average Bonchev–Trinajstić information content (AvgIpc) is 2.98. The van der Waals surface area contributed by atoms with E-state index in [0.29, 0.717) is 5.92 Å². The molecule has 0 saturated heterocycles. The van der Waals surface area contributed by atoms with Gasteiger partial charge in [-0.1, -0.05) is 26.8 Å². The zero-order valence-electron chi connectivity index (χ0n) is 11.9. The van der Waals surface area contributed by atoms with Crippen LogP contribution in [0.1, 0.15) is 37.8 Å². The molecule has 2 heterocycles. The summed E-state index contributed by atoms with van der Waals surface area (Å²) < 4.78 is 0. The van der Waals surface area contributed by atoms with E-state index in [1.165, 1.54) is 26.9 Å². The van der Waals surface area contributed by atoms with Gasteiger partial charge in [0.2, 0.25) is 0 Å². The molecule has 0 unspecified atom stereocenters. The molecule has 0 fully saturated rings. The number of thiazole rings is 1. The Hall–Kier alpha value is -0.710. The standard InChI is InChI=1S/C15H22N2S2/c1-4-7-16-10-14-12(9-11(2)3)17-15(19-14)13-6-5-8-18-13/h5-6,8,11,16H,4,7,9-10H2,1-3H3. The molecule has 0 aliphatic carbocycles. The highest BCUT2D eigenvalue weighted by molar-refractivity contribution is 7.21. The van der Waals surface area contributed by atoms with Crippen molar-refractivity contribution < 1.29 is 0 Å². The summed E-state index contributed by atoms with van der Waals surface area (Å²) in [6, 6.07) is 4.25. The van der Waals surface area contributed by atoms with Crippen LogP contribution in [-0.2, 0) is 13.0 Å². The third-order valence-corrected chi connectivity index (χ3v) is 4.96. The summed E-state index contributed by atoms with van der Waals surface area (Å²) in [6.07, 6.45) is 2.25. The topological polar surface area (TPSA) is 24.9 Å². The molecule has 0 spiro atoms. The second-order valence-electron chi connectivity index (χ2n) is 5.14. The Morgan fingerprint density at radius 1 is 1.37 bits per heavy atom. The van der Waals surface area contributed by atoms with Crippen molar-refractivity contribution in [3.05, 3.63) is 28.1 Å². The quantitative estimate of drug-likeness (QED) is 0.757. The van der Waals surface area contributed by atoms with Crippen molar-refractivity contribution >= 4 is 22.7 Å². The lowest BCUT2D eigenvalue weighted by Crippen LogP contribution is -2.14. The van der Waals surface area contributed by atoms with Crippen LogP contribution in [0.5, 0.6) is 0 Å². The first kappa shape index (κ1) is 14.7. The SMILES string of the molecule is CCCNCc1sc(-c2cccs2)nc1CC(C)C. The Labute approximate surface area is 123 Å². The fraction of sp³-hybridized carbons (Fsp3) is 0.533. The van der Waals surface area contributed by atoms with Gasteiger partial charge in [-0.15, -0.1) is 22.7 Å². The van der Waals surface area contributed by atoms with Crippen molar-refractivity contribution in [2.45, 2.75) is 40.2 Å². The Balaban J connectivity index is 2.18. The van der Waals surface area contributed by atoms with Crippen molar-refractivity contribution in [3.63, 3.8) is 0 Å². The van der Waals surface area contributed by atoms with E-state index < -0.39 is 0 Å². The van der Waals surface area contributed by atoms with E-state index in [2.05, 4.69) is 43.6 Å². The Morgan fingerprint density at radius 3 is 2.84 bits per heavy atom. The minimum absolute atomic E-state index is 0.656. The molecule has 0 radical (unpaired) electrons. The van der Waals surface area contributed by atoms with E-state index in [0.717, 1.165) is 19.5 Å². The summed E-state index contributed by atoms with van der Waals surface area (Å²) in [5, 5.41) is 6.80. The van der Waals surface area contributed by atoms with Gasteiger partial charge in [0.15, 0.2) is 0 Å². The van der Waals surface area contributed by atoms with Gasteiger partial charge in [-0.2, -0.15) is 0 Å². The van der Waals surface area contributed by atoms with Crippen LogP contribution in [0.25, 0.3) is 9.88 Å². The molecule has 2 aromatic rings. The molecule has 104 valence electrons. The lowest BCUT2D eigenvalue weighted by atomic mass is 10.1. The fourth-order valence-corrected chi connectivity index (χ4v) is 3.81. The van der Waals surface area contributed by atoms with Crippen LogP contribution in [0.4, 0.5) is 0 Å². The van der Waals surface area contributed by atoms with Gasteiger partial charge in [0, 0.05) is 11.4 Å². The highest BCUT2D eigenvalue weighted by Crippen LogP contribution is 2.32. The molecule has 0 aromatic carbocycles. The van der Waals surface area contributed by atoms with E-state index in [1.54, 1.807) is 11.3 Å². The summed E-state index contributed by atoms with van der Waals surface area (Å²) in [6.45, 7) is 8.75. The van der Waals surface area contributed by atoms with E-state index >= 15 is 0 Å². The molecular formula is C15H22N2S2. The minimum Gasteiger partial charge on any atom is -0.312 e. The van der Waals surface area contributed by atoms with Crippen LogP contribution in [0.15, 0.2) is 17.5 Å². The van der Waals surface area contributed by atoms with Crippen LogP contribution < -0.4 is 5.32 Å². The molecule has 2 nitrogen and oxygen atoms in total. The maximum atomic E-state index is 4.86. The van der Waals surface area contributed by atoms with Gasteiger partial charge in [-0.25, -0.2) is 4.98 Å². The van der Waals surface area contributed by atoms with Gasteiger partial charge in [-0.05, 0) is 36.8 Å². The summed E-state index contributed by atoms with van der Waals surface area (Å²) in [7, 11) is 0. The molecule has 0 atom stereocenters. The molecule has 0 aliphatic rings. The maximum Gasteiger partial charge on any atom is 0.133 e. The molecule has 2 rings (SSSR count). The number of nitrogens with zero attached hydrogens (tertiary/aromatic N) is 1. The third-order valence-electron chi connectivity index (χ3n) is 2.82. The van der Waals surface area contributed by atoms with Gasteiger partial charge in [0.1, 0.15) is 5.01 Å². The van der Waals surface area contributed by atoms with Crippen LogP contribution in [-0.4, -0.2) is 11.5 Å². The van der Waals surface area contributed by atoms with Crippen LogP contribution in [0, 0.1) is 5.92 Å². The average molecular weight is 294 g/mol. The normalized spacial score (nSPS) is 11.4. The number of nitrogens with one attached hydrogen (secondary N) is 1. The van der Waals surface area contributed by atoms with Gasteiger partial charge in [0.05, 0.1) is 10.6 Å². The van der Waals surface area contributed by atoms with Crippen molar-refractivity contribution in [2.75, 3.05) is 6.54 Å². The zero-order chi connectivity index (χ0) is 13.7. The predicted molar refractivity (Wildman–Crippen MR) is 86.0 cm³/mol. The number of thiophene rings is 1. The zero-order valence-corrected chi connectivity index (χ0v) is 13.5. The van der Waals surface area contributed by atoms with E-state index in [1.807, 2.05) is 11.3 Å². The van der Waals surface area contributed by atoms with Gasteiger partial charge in [0.25, 0.3) is 0 Å². The van der Waals surface area contributed by atoms with Crippen LogP contribution in [0.3, 0.4) is 0 Å². The lowest BCUT2D eigenvalue weighted by Gasteiger charge is -2.05. The summed E-state index contributed by atoms with van der Waals surface area (Å²) in [5.41, 5.74) is 1.28. The number of rotatable bonds is 7. The summed E-state index contributed by atoms with van der Waals surface area (Å²) >= 11 is 3.62. The van der Waals surface area contributed by atoms with Gasteiger partial charge in [-0.3, -0.25) is 0 Å². The first-order valence-corrected chi connectivity index (χ1v) is 8.63. The van der Waals surface area contributed by atoms with Crippen molar-refractivity contribution in [2.24, 2.45) is 5.92 Å². The number of hydrogen-bond acceptors (Lipinski definition) is 4. The Kier molecular flexibility index (Phi) is 5.55. The molecule has 0 aliphatic heterocycles. The van der Waals surface area contributed by atoms with E-state index in [9.17, 15) is 0 Å². The lowest BCUT2D eigenvalue weighted by molar-refractivity contribution is 0.623. The van der Waals surface area contributed by atoms with Gasteiger partial charge < -0.3 is 5.32 Å². The Morgan fingerprint density at radius 2 is 2.21 bits per heavy atom. The summed E-state index contributed by atoms with van der Waals surface area (Å²) in [4.78, 5) is 7.56. The molecule has 0 saturated carbocycles. The maximum absolute atomic E-state index is 4.86. The van der Waals surface area contributed by atoms with E-state index in [-0.39, 0.29) is 0 Å². The van der Waals surface area contributed by atoms with Crippen molar-refractivity contribution in [3.8, 4) is 9.88 Å². The molecule has 2 aromatic heterocycles. The Bertz CT molecular complexity index is 486. The fourth-order valence-electron chi connectivity index (χ4n) is 1.95. The van der Waals surface area contributed by atoms with Crippen LogP contribution >= 0.6 is 22.7 Å². The molecule has 4 heteroatoms. The first-order valence-electron chi connectivity index (χ1n) is 6.93. The third kappa shape index (κ3) is 4.13. The highest BCUT2D eigenvalue weighted by Gasteiger charge is 2.13. The monoisotopic (exact) mass is 294 g/mol. The molecule has 0 bridgehead atoms. The van der Waals surface area contributed by atoms with Crippen molar-refractivity contribution in [1.82, 2.24) is 10.3 Å². The molecular weight excluding hydrogens is 272 g/mol.